The molecule has 0 amide bonds. The van der Waals surface area contributed by atoms with Gasteiger partial charge in [-0.2, -0.15) is 0 Å². The molecule has 2 rings (SSSR count). The molecule has 1 aliphatic rings. The van der Waals surface area contributed by atoms with Gasteiger partial charge >= 0.3 is 0 Å². The fraction of sp³-hybridized carbons (Fsp3) is 0.600. The summed E-state index contributed by atoms with van der Waals surface area (Å²) >= 11 is 0. The van der Waals surface area contributed by atoms with E-state index < -0.39 is 0 Å². The lowest BCUT2D eigenvalue weighted by Gasteiger charge is -2.26. The molecule has 1 aromatic carbocycles. The van der Waals surface area contributed by atoms with Crippen LogP contribution in [0.3, 0.4) is 0 Å². The first kappa shape index (κ1) is 13.2. The van der Waals surface area contributed by atoms with Gasteiger partial charge in [-0.3, -0.25) is 0 Å². The summed E-state index contributed by atoms with van der Waals surface area (Å²) in [4.78, 5) is 2.15. The number of benzene rings is 1. The van der Waals surface area contributed by atoms with E-state index in [-0.39, 0.29) is 0 Å². The lowest BCUT2D eigenvalue weighted by molar-refractivity contribution is 0.182. The third-order valence-corrected chi connectivity index (χ3v) is 3.70. The van der Waals surface area contributed by atoms with Crippen molar-refractivity contribution in [2.45, 2.75) is 25.8 Å². The first-order valence-corrected chi connectivity index (χ1v) is 6.83. The maximum atomic E-state index is 5.50. The van der Waals surface area contributed by atoms with Crippen LogP contribution >= 0.6 is 0 Å². The average Bonchev–Trinajstić information content (AvgIpc) is 2.90. The van der Waals surface area contributed by atoms with E-state index in [1.165, 1.54) is 17.8 Å². The van der Waals surface area contributed by atoms with E-state index in [9.17, 15) is 0 Å². The van der Waals surface area contributed by atoms with Crippen molar-refractivity contribution in [3.8, 4) is 0 Å². The summed E-state index contributed by atoms with van der Waals surface area (Å²) in [7, 11) is 4.17. The molecule has 1 saturated heterocycles. The third kappa shape index (κ3) is 2.96. The van der Waals surface area contributed by atoms with Crippen LogP contribution < -0.4 is 10.2 Å². The van der Waals surface area contributed by atoms with Crippen LogP contribution in [0.1, 0.15) is 19.8 Å². The zero-order chi connectivity index (χ0) is 13.0. The molecule has 0 bridgehead atoms. The fourth-order valence-corrected chi connectivity index (χ4v) is 2.61. The van der Waals surface area contributed by atoms with E-state index in [0.717, 1.165) is 19.6 Å². The lowest BCUT2D eigenvalue weighted by Crippen LogP contribution is -2.29. The Labute approximate surface area is 110 Å². The Bertz CT molecular complexity index is 373. The minimum Gasteiger partial charge on any atom is -0.381 e. The SMILES string of the molecule is CCC(Nc1ccccc1N(C)C)C1CCOC1. The zero-order valence-electron chi connectivity index (χ0n) is 11.6. The van der Waals surface area contributed by atoms with E-state index >= 15 is 0 Å². The van der Waals surface area contributed by atoms with Crippen LogP contribution in [0, 0.1) is 5.92 Å². The van der Waals surface area contributed by atoms with Gasteiger partial charge in [-0.15, -0.1) is 0 Å². The van der Waals surface area contributed by atoms with E-state index in [2.05, 4.69) is 55.5 Å². The largest absolute Gasteiger partial charge is 0.381 e. The summed E-state index contributed by atoms with van der Waals surface area (Å²) in [6, 6.07) is 9.00. The molecule has 1 fully saturated rings. The average molecular weight is 248 g/mol. The van der Waals surface area contributed by atoms with Crippen molar-refractivity contribution >= 4 is 11.4 Å². The highest BCUT2D eigenvalue weighted by Crippen LogP contribution is 2.28. The fourth-order valence-electron chi connectivity index (χ4n) is 2.61. The van der Waals surface area contributed by atoms with Crippen molar-refractivity contribution in [1.29, 1.82) is 0 Å². The topological polar surface area (TPSA) is 24.5 Å². The van der Waals surface area contributed by atoms with E-state index in [1.807, 2.05) is 0 Å². The Morgan fingerprint density at radius 3 is 2.78 bits per heavy atom. The minimum absolute atomic E-state index is 0.508. The van der Waals surface area contributed by atoms with Gasteiger partial charge in [-0.05, 0) is 25.0 Å². The molecule has 0 aliphatic carbocycles. The second-order valence-electron chi connectivity index (χ2n) is 5.19. The van der Waals surface area contributed by atoms with Crippen molar-refractivity contribution < 1.29 is 4.74 Å². The molecule has 0 aromatic heterocycles. The van der Waals surface area contributed by atoms with Crippen LogP contribution in [-0.2, 0) is 4.74 Å². The molecule has 1 N–H and O–H groups in total. The number of hydrogen-bond donors (Lipinski definition) is 1. The number of para-hydroxylation sites is 2. The van der Waals surface area contributed by atoms with Gasteiger partial charge in [0.2, 0.25) is 0 Å². The van der Waals surface area contributed by atoms with Gasteiger partial charge in [-0.1, -0.05) is 19.1 Å². The molecule has 18 heavy (non-hydrogen) atoms. The third-order valence-electron chi connectivity index (χ3n) is 3.70. The van der Waals surface area contributed by atoms with Gasteiger partial charge in [0.1, 0.15) is 0 Å². The minimum atomic E-state index is 0.508. The lowest BCUT2D eigenvalue weighted by atomic mass is 9.96. The van der Waals surface area contributed by atoms with Crippen molar-refractivity contribution in [3.05, 3.63) is 24.3 Å². The van der Waals surface area contributed by atoms with Crippen molar-refractivity contribution in [3.63, 3.8) is 0 Å². The number of ether oxygens (including phenoxy) is 1. The van der Waals surface area contributed by atoms with Gasteiger partial charge < -0.3 is 15.0 Å². The van der Waals surface area contributed by atoms with Gasteiger partial charge in [0, 0.05) is 32.7 Å². The highest BCUT2D eigenvalue weighted by Gasteiger charge is 2.24. The smallest absolute Gasteiger partial charge is 0.0596 e. The quantitative estimate of drug-likeness (QED) is 0.867. The molecule has 1 aromatic rings. The molecular formula is C15H24N2O. The monoisotopic (exact) mass is 248 g/mol. The van der Waals surface area contributed by atoms with Gasteiger partial charge in [0.15, 0.2) is 0 Å². The summed E-state index contributed by atoms with van der Waals surface area (Å²) in [5.41, 5.74) is 2.47. The highest BCUT2D eigenvalue weighted by molar-refractivity contribution is 5.69. The summed E-state index contributed by atoms with van der Waals surface area (Å²) in [5.74, 6) is 0.644. The van der Waals surface area contributed by atoms with Gasteiger partial charge in [0.05, 0.1) is 18.0 Å². The van der Waals surface area contributed by atoms with Crippen LogP contribution in [-0.4, -0.2) is 33.4 Å². The molecule has 1 aliphatic heterocycles. The molecule has 0 spiro atoms. The van der Waals surface area contributed by atoms with E-state index in [0.29, 0.717) is 12.0 Å². The molecule has 3 heteroatoms. The van der Waals surface area contributed by atoms with Gasteiger partial charge in [0.25, 0.3) is 0 Å². The normalized spacial score (nSPS) is 20.7. The van der Waals surface area contributed by atoms with E-state index in [4.69, 9.17) is 4.74 Å². The van der Waals surface area contributed by atoms with Crippen molar-refractivity contribution in [2.24, 2.45) is 5.92 Å². The van der Waals surface area contributed by atoms with Crippen LogP contribution in [0.5, 0.6) is 0 Å². The molecule has 0 radical (unpaired) electrons. The second-order valence-corrected chi connectivity index (χ2v) is 5.19. The second kappa shape index (κ2) is 6.10. The molecular weight excluding hydrogens is 224 g/mol. The summed E-state index contributed by atoms with van der Waals surface area (Å²) in [6.45, 7) is 4.06. The Kier molecular flexibility index (Phi) is 4.48. The number of anilines is 2. The Balaban J connectivity index is 2.11. The maximum absolute atomic E-state index is 5.50. The molecule has 2 atom stereocenters. The van der Waals surface area contributed by atoms with Crippen LogP contribution in [0.25, 0.3) is 0 Å². The predicted molar refractivity (Wildman–Crippen MR) is 77.4 cm³/mol. The van der Waals surface area contributed by atoms with Crippen LogP contribution in [0.15, 0.2) is 24.3 Å². The Hall–Kier alpha value is -1.22. The molecule has 2 unspecified atom stereocenters. The van der Waals surface area contributed by atoms with Crippen LogP contribution in [0.2, 0.25) is 0 Å². The number of nitrogens with one attached hydrogen (secondary N) is 1. The summed E-state index contributed by atoms with van der Waals surface area (Å²) < 4.78 is 5.50. The van der Waals surface area contributed by atoms with Crippen molar-refractivity contribution in [2.75, 3.05) is 37.5 Å². The Morgan fingerprint density at radius 2 is 2.17 bits per heavy atom. The summed E-state index contributed by atoms with van der Waals surface area (Å²) in [6.07, 6.45) is 2.31. The van der Waals surface area contributed by atoms with Gasteiger partial charge in [-0.25, -0.2) is 0 Å². The molecule has 1 heterocycles. The first-order valence-electron chi connectivity index (χ1n) is 6.83. The zero-order valence-corrected chi connectivity index (χ0v) is 11.6. The predicted octanol–water partition coefficient (Wildman–Crippen LogP) is 2.98. The first-order chi connectivity index (χ1) is 8.72. The van der Waals surface area contributed by atoms with E-state index in [1.54, 1.807) is 0 Å². The molecule has 3 nitrogen and oxygen atoms in total. The van der Waals surface area contributed by atoms with Crippen molar-refractivity contribution in [1.82, 2.24) is 0 Å². The molecule has 100 valence electrons. The number of rotatable bonds is 5. The highest BCUT2D eigenvalue weighted by atomic mass is 16.5. The maximum Gasteiger partial charge on any atom is 0.0596 e. The number of hydrogen-bond acceptors (Lipinski definition) is 3. The van der Waals surface area contributed by atoms with Crippen LogP contribution in [0.4, 0.5) is 11.4 Å². The molecule has 0 saturated carbocycles. The Morgan fingerprint density at radius 1 is 1.39 bits per heavy atom. The standard InChI is InChI=1S/C15H24N2O/c1-4-13(12-9-10-18-11-12)16-14-7-5-6-8-15(14)17(2)3/h5-8,12-13,16H,4,9-11H2,1-3H3. The summed E-state index contributed by atoms with van der Waals surface area (Å²) in [5, 5.41) is 3.70. The number of nitrogens with zero attached hydrogens (tertiary/aromatic N) is 1.